The number of hydrogen-bond acceptors (Lipinski definition) is 1. The summed E-state index contributed by atoms with van der Waals surface area (Å²) in [7, 11) is 2.47. The Labute approximate surface area is 94.8 Å². The van der Waals surface area contributed by atoms with Gasteiger partial charge < -0.3 is 4.48 Å². The lowest BCUT2D eigenvalue weighted by Gasteiger charge is -2.40. The molecule has 0 spiro atoms. The maximum Gasteiger partial charge on any atom is 0.106 e. The summed E-state index contributed by atoms with van der Waals surface area (Å²) in [5.74, 6) is 0. The van der Waals surface area contributed by atoms with Crippen molar-refractivity contribution in [1.82, 2.24) is 4.90 Å². The van der Waals surface area contributed by atoms with Crippen molar-refractivity contribution in [3.8, 4) is 0 Å². The number of fused-ring (bicyclic) bond motifs is 1. The normalized spacial score (nSPS) is 41.8. The van der Waals surface area contributed by atoms with Crippen molar-refractivity contribution < 1.29 is 4.48 Å². The average molecular weight is 211 g/mol. The molecule has 2 nitrogen and oxygen atoms in total. The maximum absolute atomic E-state index is 2.73. The Bertz CT molecular complexity index is 237. The van der Waals surface area contributed by atoms with Crippen LogP contribution in [0.3, 0.4) is 0 Å². The highest BCUT2D eigenvalue weighted by Gasteiger charge is 2.52. The number of likely N-dealkylation sites (tertiary alicyclic amines) is 2. The topological polar surface area (TPSA) is 3.24 Å². The van der Waals surface area contributed by atoms with Gasteiger partial charge in [0, 0.05) is 25.4 Å². The monoisotopic (exact) mass is 211 g/mol. The van der Waals surface area contributed by atoms with Crippen LogP contribution in [0.4, 0.5) is 0 Å². The Morgan fingerprint density at radius 3 is 2.33 bits per heavy atom. The van der Waals surface area contributed by atoms with Crippen LogP contribution in [-0.4, -0.2) is 53.7 Å². The molecule has 0 aromatic carbocycles. The molecule has 0 saturated carbocycles. The third-order valence-electron chi connectivity index (χ3n) is 5.06. The van der Waals surface area contributed by atoms with Gasteiger partial charge in [0.1, 0.15) is 6.04 Å². The number of quaternary nitrogens is 1. The Morgan fingerprint density at radius 2 is 1.80 bits per heavy atom. The highest BCUT2D eigenvalue weighted by atomic mass is 15.4. The van der Waals surface area contributed by atoms with Crippen LogP contribution >= 0.6 is 0 Å². The second-order valence-corrected chi connectivity index (χ2v) is 6.21. The zero-order valence-corrected chi connectivity index (χ0v) is 11.0. The molecule has 0 radical (unpaired) electrons. The third-order valence-corrected chi connectivity index (χ3v) is 5.06. The van der Waals surface area contributed by atoms with E-state index in [2.05, 4.69) is 39.6 Å². The summed E-state index contributed by atoms with van der Waals surface area (Å²) in [6.07, 6.45) is 2.83. The van der Waals surface area contributed by atoms with Crippen LogP contribution in [0.15, 0.2) is 0 Å². The molecule has 0 bridgehead atoms. The fourth-order valence-electron chi connectivity index (χ4n) is 3.77. The highest BCUT2D eigenvalue weighted by molar-refractivity contribution is 4.94. The summed E-state index contributed by atoms with van der Waals surface area (Å²) >= 11 is 0. The number of likely N-dealkylation sites (N-methyl/N-ethyl adjacent to an activating group) is 1. The van der Waals surface area contributed by atoms with Crippen molar-refractivity contribution in [2.45, 2.75) is 64.7 Å². The molecule has 3 unspecified atom stereocenters. The van der Waals surface area contributed by atoms with Crippen LogP contribution in [0.25, 0.3) is 0 Å². The van der Waals surface area contributed by atoms with E-state index in [1.54, 1.807) is 0 Å². The van der Waals surface area contributed by atoms with Gasteiger partial charge in [0.2, 0.25) is 0 Å². The van der Waals surface area contributed by atoms with Crippen LogP contribution in [0.2, 0.25) is 0 Å². The lowest BCUT2D eigenvalue weighted by molar-refractivity contribution is -0.940. The molecule has 88 valence electrons. The van der Waals surface area contributed by atoms with Crippen molar-refractivity contribution in [1.29, 1.82) is 0 Å². The van der Waals surface area contributed by atoms with E-state index in [0.29, 0.717) is 0 Å². The van der Waals surface area contributed by atoms with Crippen LogP contribution < -0.4 is 0 Å². The first-order chi connectivity index (χ1) is 6.97. The summed E-state index contributed by atoms with van der Waals surface area (Å²) < 4.78 is 1.31. The van der Waals surface area contributed by atoms with E-state index < -0.39 is 0 Å². The molecular formula is C13H27N2+. The van der Waals surface area contributed by atoms with Gasteiger partial charge in [-0.3, -0.25) is 4.90 Å². The van der Waals surface area contributed by atoms with Crippen molar-refractivity contribution >= 4 is 0 Å². The van der Waals surface area contributed by atoms with Gasteiger partial charge in [-0.15, -0.1) is 0 Å². The molecule has 2 heteroatoms. The van der Waals surface area contributed by atoms with E-state index in [9.17, 15) is 0 Å². The summed E-state index contributed by atoms with van der Waals surface area (Å²) in [4.78, 5) is 2.73. The van der Waals surface area contributed by atoms with Crippen LogP contribution in [0.1, 0.15) is 40.5 Å². The molecule has 0 aromatic heterocycles. The van der Waals surface area contributed by atoms with Gasteiger partial charge in [0.15, 0.2) is 0 Å². The summed E-state index contributed by atoms with van der Waals surface area (Å²) in [5, 5.41) is 0. The average Bonchev–Trinajstić information content (AvgIpc) is 2.67. The molecule has 15 heavy (non-hydrogen) atoms. The standard InChI is InChI=1S/C13H27N2/c1-10(2)14-8-6-13-12(14)7-9-15(13,5)11(3)4/h10-13H,6-9H2,1-5H3/q+1. The van der Waals surface area contributed by atoms with Gasteiger partial charge in [-0.25, -0.2) is 0 Å². The Kier molecular flexibility index (Phi) is 2.85. The molecule has 2 fully saturated rings. The molecule has 0 aliphatic carbocycles. The van der Waals surface area contributed by atoms with Gasteiger partial charge in [0.05, 0.1) is 25.7 Å². The molecule has 0 amide bonds. The molecule has 2 saturated heterocycles. The molecule has 0 N–H and O–H groups in total. The van der Waals surface area contributed by atoms with Crippen molar-refractivity contribution in [2.24, 2.45) is 0 Å². The second-order valence-electron chi connectivity index (χ2n) is 6.21. The first kappa shape index (κ1) is 11.4. The number of rotatable bonds is 2. The first-order valence-corrected chi connectivity index (χ1v) is 6.57. The third kappa shape index (κ3) is 1.62. The molecule has 2 rings (SSSR count). The van der Waals surface area contributed by atoms with Crippen molar-refractivity contribution in [3.05, 3.63) is 0 Å². The lowest BCUT2D eigenvalue weighted by atomic mass is 10.1. The van der Waals surface area contributed by atoms with Gasteiger partial charge in [-0.2, -0.15) is 0 Å². The van der Waals surface area contributed by atoms with E-state index in [1.807, 2.05) is 0 Å². The van der Waals surface area contributed by atoms with Gasteiger partial charge in [-0.05, 0) is 27.7 Å². The van der Waals surface area contributed by atoms with E-state index >= 15 is 0 Å². The Balaban J connectivity index is 2.15. The number of hydrogen-bond donors (Lipinski definition) is 0. The van der Waals surface area contributed by atoms with Gasteiger partial charge >= 0.3 is 0 Å². The quantitative estimate of drug-likeness (QED) is 0.632. The zero-order chi connectivity index (χ0) is 11.2. The highest BCUT2D eigenvalue weighted by Crippen LogP contribution is 2.38. The number of nitrogens with zero attached hydrogens (tertiary/aromatic N) is 2. The Hall–Kier alpha value is -0.0800. The molecule has 2 aliphatic heterocycles. The Morgan fingerprint density at radius 1 is 1.13 bits per heavy atom. The summed E-state index contributed by atoms with van der Waals surface area (Å²) in [6, 6.07) is 3.30. The minimum atomic E-state index is 0.735. The van der Waals surface area contributed by atoms with Crippen molar-refractivity contribution in [2.75, 3.05) is 20.1 Å². The van der Waals surface area contributed by atoms with Gasteiger partial charge in [-0.1, -0.05) is 0 Å². The largest absolute Gasteiger partial charge is 0.320 e. The molecule has 3 atom stereocenters. The molecule has 0 aromatic rings. The fourth-order valence-corrected chi connectivity index (χ4v) is 3.77. The second kappa shape index (κ2) is 3.74. The van der Waals surface area contributed by atoms with E-state index in [0.717, 1.165) is 24.2 Å². The SMILES string of the molecule is CC(C)N1CCC2C1CC[N+]2(C)C(C)C. The van der Waals surface area contributed by atoms with Gasteiger partial charge in [0.25, 0.3) is 0 Å². The van der Waals surface area contributed by atoms with E-state index in [1.165, 1.54) is 30.4 Å². The molecule has 2 aliphatic rings. The predicted molar refractivity (Wildman–Crippen MR) is 64.8 cm³/mol. The maximum atomic E-state index is 2.73. The van der Waals surface area contributed by atoms with Crippen LogP contribution in [0.5, 0.6) is 0 Å². The first-order valence-electron chi connectivity index (χ1n) is 6.57. The smallest absolute Gasteiger partial charge is 0.106 e. The fraction of sp³-hybridized carbons (Fsp3) is 1.00. The predicted octanol–water partition coefficient (Wildman–Crippen LogP) is 2.10. The zero-order valence-electron chi connectivity index (χ0n) is 11.0. The minimum Gasteiger partial charge on any atom is -0.320 e. The molecular weight excluding hydrogens is 184 g/mol. The molecule has 2 heterocycles. The van der Waals surface area contributed by atoms with Crippen LogP contribution in [0, 0.1) is 0 Å². The van der Waals surface area contributed by atoms with Crippen LogP contribution in [-0.2, 0) is 0 Å². The summed E-state index contributed by atoms with van der Waals surface area (Å²) in [6.45, 7) is 12.2. The minimum absolute atomic E-state index is 0.735. The lowest BCUT2D eigenvalue weighted by Crippen LogP contribution is -2.54. The van der Waals surface area contributed by atoms with E-state index in [4.69, 9.17) is 0 Å². The van der Waals surface area contributed by atoms with E-state index in [-0.39, 0.29) is 0 Å². The van der Waals surface area contributed by atoms with Crippen molar-refractivity contribution in [3.63, 3.8) is 0 Å². The summed E-state index contributed by atoms with van der Waals surface area (Å²) in [5.41, 5.74) is 0.